The van der Waals surface area contributed by atoms with E-state index in [4.69, 9.17) is 10.2 Å². The second-order valence-corrected chi connectivity index (χ2v) is 2.74. The number of hydrogen-bond acceptors (Lipinski definition) is 4. The van der Waals surface area contributed by atoms with E-state index in [9.17, 15) is 0 Å². The number of nitrogens with zero attached hydrogens (tertiary/aromatic N) is 1. The number of hydrogen-bond donors (Lipinski definition) is 3. The predicted molar refractivity (Wildman–Crippen MR) is 44.0 cm³/mol. The highest BCUT2D eigenvalue weighted by Gasteiger charge is 2.03. The van der Waals surface area contributed by atoms with E-state index >= 15 is 0 Å². The summed E-state index contributed by atoms with van der Waals surface area (Å²) >= 11 is 0. The Hall–Kier alpha value is -0.160. The predicted octanol–water partition coefficient (Wildman–Crippen LogP) is -0.816. The van der Waals surface area contributed by atoms with Gasteiger partial charge < -0.3 is 10.2 Å². The van der Waals surface area contributed by atoms with E-state index in [1.165, 1.54) is 0 Å². The number of likely N-dealkylation sites (N-methyl/N-ethyl adjacent to an activating group) is 1. The fraction of sp³-hybridized carbons (Fsp3) is 1.00. The first-order valence-electron chi connectivity index (χ1n) is 3.83. The first-order valence-corrected chi connectivity index (χ1v) is 3.83. The monoisotopic (exact) mass is 162 g/mol. The molecule has 0 saturated heterocycles. The van der Waals surface area contributed by atoms with Crippen molar-refractivity contribution in [3.05, 3.63) is 0 Å². The summed E-state index contributed by atoms with van der Waals surface area (Å²) in [5, 5.41) is 20.7. The quantitative estimate of drug-likeness (QED) is 0.463. The van der Waals surface area contributed by atoms with Crippen LogP contribution in [0.1, 0.15) is 13.8 Å². The molecule has 11 heavy (non-hydrogen) atoms. The van der Waals surface area contributed by atoms with Crippen LogP contribution in [0.2, 0.25) is 0 Å². The minimum Gasteiger partial charge on any atom is -0.379 e. The molecule has 3 N–H and O–H groups in total. The van der Waals surface area contributed by atoms with Crippen molar-refractivity contribution < 1.29 is 10.2 Å². The molecule has 2 unspecified atom stereocenters. The summed E-state index contributed by atoms with van der Waals surface area (Å²) in [6.45, 7) is 4.78. The van der Waals surface area contributed by atoms with Crippen LogP contribution < -0.4 is 5.32 Å². The molecule has 4 nitrogen and oxygen atoms in total. The third-order valence-electron chi connectivity index (χ3n) is 1.54. The van der Waals surface area contributed by atoms with Crippen LogP contribution in [-0.2, 0) is 0 Å². The highest BCUT2D eigenvalue weighted by atomic mass is 16.3. The number of rotatable bonds is 5. The van der Waals surface area contributed by atoms with E-state index in [0.29, 0.717) is 6.54 Å². The van der Waals surface area contributed by atoms with Gasteiger partial charge in [-0.15, -0.1) is 0 Å². The zero-order chi connectivity index (χ0) is 8.85. The first kappa shape index (κ1) is 10.8. The molecule has 0 radical (unpaired) electrons. The van der Waals surface area contributed by atoms with Crippen LogP contribution in [0.25, 0.3) is 0 Å². The molecule has 0 amide bonds. The number of aliphatic hydroxyl groups excluding tert-OH is 2. The fourth-order valence-corrected chi connectivity index (χ4v) is 0.637. The molecule has 68 valence electrons. The zero-order valence-electron chi connectivity index (χ0n) is 7.41. The Morgan fingerprint density at radius 1 is 1.36 bits per heavy atom. The van der Waals surface area contributed by atoms with Crippen LogP contribution >= 0.6 is 0 Å². The van der Waals surface area contributed by atoms with Gasteiger partial charge in [0.1, 0.15) is 12.5 Å². The summed E-state index contributed by atoms with van der Waals surface area (Å²) in [5.41, 5.74) is 0. The lowest BCUT2D eigenvalue weighted by molar-refractivity contribution is 0.0358. The minimum absolute atomic E-state index is 0.425. The molecule has 4 heteroatoms. The van der Waals surface area contributed by atoms with Gasteiger partial charge in [0.15, 0.2) is 0 Å². The van der Waals surface area contributed by atoms with E-state index in [2.05, 4.69) is 5.32 Å². The van der Waals surface area contributed by atoms with Gasteiger partial charge in [-0.2, -0.15) is 0 Å². The van der Waals surface area contributed by atoms with Gasteiger partial charge in [-0.3, -0.25) is 10.2 Å². The van der Waals surface area contributed by atoms with Gasteiger partial charge in [0.05, 0.1) is 0 Å². The molecule has 0 heterocycles. The maximum absolute atomic E-state index is 9.02. The van der Waals surface area contributed by atoms with E-state index in [1.54, 1.807) is 18.7 Å². The Bertz CT molecular complexity index is 96.4. The van der Waals surface area contributed by atoms with Crippen molar-refractivity contribution in [3.63, 3.8) is 0 Å². The van der Waals surface area contributed by atoms with Gasteiger partial charge in [0.25, 0.3) is 0 Å². The van der Waals surface area contributed by atoms with Crippen molar-refractivity contribution in [2.45, 2.75) is 26.3 Å². The highest BCUT2D eigenvalue weighted by molar-refractivity contribution is 4.54. The van der Waals surface area contributed by atoms with E-state index in [-0.39, 0.29) is 0 Å². The summed E-state index contributed by atoms with van der Waals surface area (Å²) in [4.78, 5) is 1.79. The number of nitrogens with one attached hydrogen (secondary N) is 1. The third kappa shape index (κ3) is 6.25. The molecule has 0 saturated carbocycles. The average molecular weight is 162 g/mol. The maximum Gasteiger partial charge on any atom is 0.104 e. The molecule has 0 spiro atoms. The van der Waals surface area contributed by atoms with Gasteiger partial charge >= 0.3 is 0 Å². The van der Waals surface area contributed by atoms with Crippen molar-refractivity contribution in [3.8, 4) is 0 Å². The zero-order valence-corrected chi connectivity index (χ0v) is 7.41. The maximum atomic E-state index is 9.02. The lowest BCUT2D eigenvalue weighted by atomic mass is 10.5. The van der Waals surface area contributed by atoms with Crippen molar-refractivity contribution in [2.75, 3.05) is 20.1 Å². The standard InChI is InChI=1S/C7H18N2O2/c1-6(10)8-4-5-9(3)7(2)11/h6-8,10-11H,4-5H2,1-3H3. The third-order valence-corrected chi connectivity index (χ3v) is 1.54. The van der Waals surface area contributed by atoms with Crippen molar-refractivity contribution >= 4 is 0 Å². The minimum atomic E-state index is -0.475. The van der Waals surface area contributed by atoms with Crippen LogP contribution in [0.15, 0.2) is 0 Å². The van der Waals surface area contributed by atoms with Crippen molar-refractivity contribution in [1.29, 1.82) is 0 Å². The molecule has 0 aliphatic carbocycles. The molecular formula is C7H18N2O2. The molecular weight excluding hydrogens is 144 g/mol. The van der Waals surface area contributed by atoms with Crippen LogP contribution in [0, 0.1) is 0 Å². The summed E-state index contributed by atoms with van der Waals surface area (Å²) < 4.78 is 0. The summed E-state index contributed by atoms with van der Waals surface area (Å²) in [7, 11) is 1.83. The topological polar surface area (TPSA) is 55.7 Å². The van der Waals surface area contributed by atoms with Crippen LogP contribution in [0.5, 0.6) is 0 Å². The smallest absolute Gasteiger partial charge is 0.104 e. The molecule has 0 aromatic carbocycles. The molecule has 0 aliphatic heterocycles. The molecule has 0 fully saturated rings. The van der Waals surface area contributed by atoms with Gasteiger partial charge in [-0.1, -0.05) is 0 Å². The summed E-state index contributed by atoms with van der Waals surface area (Å²) in [6.07, 6.45) is -0.900. The lowest BCUT2D eigenvalue weighted by Gasteiger charge is -2.20. The molecule has 2 atom stereocenters. The Morgan fingerprint density at radius 2 is 1.91 bits per heavy atom. The lowest BCUT2D eigenvalue weighted by Crippen LogP contribution is -2.37. The summed E-state index contributed by atoms with van der Waals surface area (Å²) in [5.74, 6) is 0. The summed E-state index contributed by atoms with van der Waals surface area (Å²) in [6, 6.07) is 0. The van der Waals surface area contributed by atoms with Crippen molar-refractivity contribution in [1.82, 2.24) is 10.2 Å². The Balaban J connectivity index is 3.24. The normalized spacial score (nSPS) is 16.9. The van der Waals surface area contributed by atoms with Gasteiger partial charge in [-0.05, 0) is 20.9 Å². The van der Waals surface area contributed by atoms with Gasteiger partial charge in [-0.25, -0.2) is 0 Å². The van der Waals surface area contributed by atoms with Crippen LogP contribution in [0.3, 0.4) is 0 Å². The average Bonchev–Trinajstić information content (AvgIpc) is 1.86. The number of aliphatic hydroxyl groups is 2. The van der Waals surface area contributed by atoms with E-state index in [0.717, 1.165) is 6.54 Å². The first-order chi connectivity index (χ1) is 5.04. The van der Waals surface area contributed by atoms with E-state index < -0.39 is 12.5 Å². The second kappa shape index (κ2) is 5.49. The molecule has 0 bridgehead atoms. The van der Waals surface area contributed by atoms with Crippen LogP contribution in [0.4, 0.5) is 0 Å². The largest absolute Gasteiger partial charge is 0.379 e. The molecule has 0 aromatic heterocycles. The Kier molecular flexibility index (Phi) is 5.41. The van der Waals surface area contributed by atoms with Gasteiger partial charge in [0.2, 0.25) is 0 Å². The van der Waals surface area contributed by atoms with E-state index in [1.807, 2.05) is 7.05 Å². The highest BCUT2D eigenvalue weighted by Crippen LogP contribution is 1.87. The van der Waals surface area contributed by atoms with Crippen LogP contribution in [-0.4, -0.2) is 47.7 Å². The molecule has 0 aliphatic rings. The fourth-order valence-electron chi connectivity index (χ4n) is 0.637. The second-order valence-electron chi connectivity index (χ2n) is 2.74. The molecule has 0 rings (SSSR count). The van der Waals surface area contributed by atoms with Gasteiger partial charge in [0, 0.05) is 13.1 Å². The SMILES string of the molecule is CC(O)NCCN(C)C(C)O. The Morgan fingerprint density at radius 3 is 2.27 bits per heavy atom. The Labute approximate surface area is 67.8 Å². The molecule has 0 aromatic rings. The van der Waals surface area contributed by atoms with Crippen molar-refractivity contribution in [2.24, 2.45) is 0 Å².